The number of alkyl halides is 3. The predicted octanol–water partition coefficient (Wildman–Crippen LogP) is 5.70. The van der Waals surface area contributed by atoms with Crippen LogP contribution in [0.4, 0.5) is 23.2 Å². The maximum Gasteiger partial charge on any atom is 0.416 e. The highest BCUT2D eigenvalue weighted by molar-refractivity contribution is 8.18. The molecule has 0 aliphatic carbocycles. The Morgan fingerprint density at radius 1 is 1.22 bits per heavy atom. The van der Waals surface area contributed by atoms with Crippen LogP contribution >= 0.6 is 11.8 Å². The van der Waals surface area contributed by atoms with Crippen molar-refractivity contribution in [3.63, 3.8) is 0 Å². The SMILES string of the molecule is CCCC(C(=O)O)c1ccc(N=C2NC(=O)C(=Cc3ccc(C(F)(F)F)cc3)S2)cc1F. The van der Waals surface area contributed by atoms with E-state index in [1.165, 1.54) is 30.3 Å². The van der Waals surface area contributed by atoms with Crippen LogP contribution in [0.5, 0.6) is 0 Å². The van der Waals surface area contributed by atoms with Crippen molar-refractivity contribution in [1.29, 1.82) is 0 Å². The Labute approximate surface area is 185 Å². The topological polar surface area (TPSA) is 78.8 Å². The Balaban J connectivity index is 1.78. The summed E-state index contributed by atoms with van der Waals surface area (Å²) in [5.74, 6) is -3.26. The third-order valence-corrected chi connectivity index (χ3v) is 5.56. The molecule has 1 heterocycles. The maximum absolute atomic E-state index is 14.5. The van der Waals surface area contributed by atoms with Gasteiger partial charge in [-0.3, -0.25) is 9.59 Å². The van der Waals surface area contributed by atoms with Crippen molar-refractivity contribution in [3.8, 4) is 0 Å². The van der Waals surface area contributed by atoms with Crippen LogP contribution < -0.4 is 5.32 Å². The summed E-state index contributed by atoms with van der Waals surface area (Å²) < 4.78 is 52.5. The fourth-order valence-electron chi connectivity index (χ4n) is 3.09. The summed E-state index contributed by atoms with van der Waals surface area (Å²) in [4.78, 5) is 27.9. The molecule has 1 fully saturated rings. The molecule has 10 heteroatoms. The first-order valence-corrected chi connectivity index (χ1v) is 10.4. The van der Waals surface area contributed by atoms with E-state index in [-0.39, 0.29) is 21.3 Å². The molecular weight excluding hydrogens is 448 g/mol. The second-order valence-corrected chi connectivity index (χ2v) is 8.02. The van der Waals surface area contributed by atoms with Gasteiger partial charge in [-0.1, -0.05) is 31.5 Å². The summed E-state index contributed by atoms with van der Waals surface area (Å²) in [5, 5.41) is 12.0. The normalized spacial score (nSPS) is 17.6. The van der Waals surface area contributed by atoms with Gasteiger partial charge in [-0.2, -0.15) is 13.2 Å². The van der Waals surface area contributed by atoms with Gasteiger partial charge in [0.2, 0.25) is 0 Å². The summed E-state index contributed by atoms with van der Waals surface area (Å²) in [7, 11) is 0. The highest BCUT2D eigenvalue weighted by atomic mass is 32.2. The molecule has 0 spiro atoms. The van der Waals surface area contributed by atoms with Gasteiger partial charge in [0.25, 0.3) is 5.91 Å². The van der Waals surface area contributed by atoms with E-state index in [0.29, 0.717) is 18.4 Å². The van der Waals surface area contributed by atoms with E-state index in [9.17, 15) is 32.3 Å². The molecule has 2 N–H and O–H groups in total. The first-order valence-electron chi connectivity index (χ1n) is 9.57. The van der Waals surface area contributed by atoms with Gasteiger partial charge in [0.1, 0.15) is 5.82 Å². The minimum atomic E-state index is -4.45. The number of halogens is 4. The molecule has 5 nitrogen and oxygen atoms in total. The largest absolute Gasteiger partial charge is 0.481 e. The Hall–Kier alpha value is -3.14. The highest BCUT2D eigenvalue weighted by Gasteiger charge is 2.30. The number of nitrogens with zero attached hydrogens (tertiary/aromatic N) is 1. The molecule has 168 valence electrons. The molecular formula is C22H18F4N2O3S. The van der Waals surface area contributed by atoms with E-state index in [1.807, 2.05) is 6.92 Å². The van der Waals surface area contributed by atoms with Gasteiger partial charge in [0.15, 0.2) is 5.17 Å². The summed E-state index contributed by atoms with van der Waals surface area (Å²) in [6.45, 7) is 1.81. The number of aliphatic imine (C=N–C) groups is 1. The molecule has 0 saturated carbocycles. The van der Waals surface area contributed by atoms with Gasteiger partial charge < -0.3 is 10.4 Å². The molecule has 0 aromatic heterocycles. The standard InChI is InChI=1S/C22H18F4N2O3S/c1-2-3-16(20(30)31)15-9-8-14(11-17(15)23)27-21-28-19(29)18(32-21)10-12-4-6-13(7-5-12)22(24,25)26/h4-11,16H,2-3H2,1H3,(H,30,31)(H,27,28,29). The number of benzene rings is 2. The zero-order chi connectivity index (χ0) is 23.5. The number of amides is 1. The van der Waals surface area contributed by atoms with Crippen molar-refractivity contribution in [2.75, 3.05) is 0 Å². The van der Waals surface area contributed by atoms with Crippen molar-refractivity contribution in [2.45, 2.75) is 31.9 Å². The van der Waals surface area contributed by atoms with Crippen LogP contribution in [0.1, 0.15) is 42.4 Å². The smallest absolute Gasteiger partial charge is 0.416 e. The van der Waals surface area contributed by atoms with Gasteiger partial charge >= 0.3 is 12.1 Å². The number of hydrogen-bond donors (Lipinski definition) is 2. The lowest BCUT2D eigenvalue weighted by Crippen LogP contribution is -2.19. The molecule has 3 rings (SSSR count). The Morgan fingerprint density at radius 3 is 2.47 bits per heavy atom. The Bertz CT molecular complexity index is 1100. The van der Waals surface area contributed by atoms with Crippen molar-refractivity contribution >= 4 is 40.6 Å². The quantitative estimate of drug-likeness (QED) is 0.423. The van der Waals surface area contributed by atoms with Crippen molar-refractivity contribution < 1.29 is 32.3 Å². The zero-order valence-electron chi connectivity index (χ0n) is 16.7. The first-order chi connectivity index (χ1) is 15.1. The molecule has 1 unspecified atom stereocenters. The van der Waals surface area contributed by atoms with Crippen molar-refractivity contribution in [1.82, 2.24) is 5.32 Å². The molecule has 1 saturated heterocycles. The monoisotopic (exact) mass is 466 g/mol. The molecule has 0 bridgehead atoms. The van der Waals surface area contributed by atoms with Gasteiger partial charge in [-0.25, -0.2) is 9.38 Å². The number of hydrogen-bond acceptors (Lipinski definition) is 4. The highest BCUT2D eigenvalue weighted by Crippen LogP contribution is 2.32. The number of carbonyl (C=O) groups excluding carboxylic acids is 1. The Kier molecular flexibility index (Phi) is 7.02. The molecule has 2 aromatic carbocycles. The number of amidine groups is 1. The minimum absolute atomic E-state index is 0.0642. The van der Waals surface area contributed by atoms with Crippen LogP contribution in [0.15, 0.2) is 52.4 Å². The van der Waals surface area contributed by atoms with E-state index < -0.39 is 35.4 Å². The zero-order valence-corrected chi connectivity index (χ0v) is 17.6. The molecule has 1 amide bonds. The molecule has 1 aliphatic rings. The molecule has 2 aromatic rings. The number of carboxylic acids is 1. The molecule has 0 radical (unpaired) electrons. The number of thioether (sulfide) groups is 1. The molecule has 32 heavy (non-hydrogen) atoms. The van der Waals surface area contributed by atoms with E-state index >= 15 is 0 Å². The first kappa shape index (κ1) is 23.5. The Morgan fingerprint density at radius 2 is 1.91 bits per heavy atom. The van der Waals surface area contributed by atoms with Gasteiger partial charge in [0.05, 0.1) is 22.1 Å². The van der Waals surface area contributed by atoms with Crippen LogP contribution in [0.25, 0.3) is 6.08 Å². The fraction of sp³-hybridized carbons (Fsp3) is 0.227. The number of rotatable bonds is 6. The summed E-state index contributed by atoms with van der Waals surface area (Å²) in [5.41, 5.74) is -0.136. The summed E-state index contributed by atoms with van der Waals surface area (Å²) in [6, 6.07) is 8.27. The van der Waals surface area contributed by atoms with Crippen molar-refractivity contribution in [3.05, 3.63) is 69.9 Å². The van der Waals surface area contributed by atoms with Gasteiger partial charge in [-0.05, 0) is 54.1 Å². The van der Waals surface area contributed by atoms with Crippen LogP contribution in [-0.2, 0) is 15.8 Å². The summed E-state index contributed by atoms with van der Waals surface area (Å²) >= 11 is 0.959. The molecule has 1 atom stereocenters. The van der Waals surface area contributed by atoms with E-state index in [1.54, 1.807) is 0 Å². The number of carbonyl (C=O) groups is 2. The average molecular weight is 466 g/mol. The summed E-state index contributed by atoms with van der Waals surface area (Å²) in [6.07, 6.45) is -2.15. The van der Waals surface area contributed by atoms with E-state index in [0.717, 1.165) is 30.0 Å². The number of carboxylic acid groups (broad SMARTS) is 1. The van der Waals surface area contributed by atoms with Crippen LogP contribution in [-0.4, -0.2) is 22.2 Å². The van der Waals surface area contributed by atoms with Gasteiger partial charge in [-0.15, -0.1) is 0 Å². The predicted molar refractivity (Wildman–Crippen MR) is 114 cm³/mol. The van der Waals surface area contributed by atoms with Gasteiger partial charge in [0, 0.05) is 5.56 Å². The lowest BCUT2D eigenvalue weighted by molar-refractivity contribution is -0.139. The number of nitrogens with one attached hydrogen (secondary N) is 1. The second kappa shape index (κ2) is 9.56. The van der Waals surface area contributed by atoms with Crippen molar-refractivity contribution in [2.24, 2.45) is 4.99 Å². The molecule has 1 aliphatic heterocycles. The van der Waals surface area contributed by atoms with E-state index in [4.69, 9.17) is 0 Å². The minimum Gasteiger partial charge on any atom is -0.481 e. The average Bonchev–Trinajstić information content (AvgIpc) is 3.05. The van der Waals surface area contributed by atoms with Crippen LogP contribution in [0.3, 0.4) is 0 Å². The lowest BCUT2D eigenvalue weighted by Gasteiger charge is -2.12. The number of aliphatic carboxylic acids is 1. The fourth-order valence-corrected chi connectivity index (χ4v) is 3.93. The maximum atomic E-state index is 14.5. The van der Waals surface area contributed by atoms with Crippen LogP contribution in [0, 0.1) is 5.82 Å². The third kappa shape index (κ3) is 5.56. The lowest BCUT2D eigenvalue weighted by atomic mass is 9.94. The van der Waals surface area contributed by atoms with Crippen LogP contribution in [0.2, 0.25) is 0 Å². The second-order valence-electron chi connectivity index (χ2n) is 6.99. The third-order valence-electron chi connectivity index (χ3n) is 4.65. The van der Waals surface area contributed by atoms with E-state index in [2.05, 4.69) is 10.3 Å².